The fourth-order valence-corrected chi connectivity index (χ4v) is 3.67. The van der Waals surface area contributed by atoms with Crippen LogP contribution in [0, 0.1) is 19.8 Å². The molecule has 4 rings (SSSR count). The Balaban J connectivity index is 1.44. The van der Waals surface area contributed by atoms with Gasteiger partial charge in [0, 0.05) is 36.5 Å². The van der Waals surface area contributed by atoms with E-state index in [4.69, 9.17) is 0 Å². The van der Waals surface area contributed by atoms with E-state index in [1.165, 1.54) is 12.8 Å². The summed E-state index contributed by atoms with van der Waals surface area (Å²) in [5.74, 6) is 1.23. The smallest absolute Gasteiger partial charge is 0.267 e. The van der Waals surface area contributed by atoms with Crippen molar-refractivity contribution >= 4 is 5.95 Å². The topological polar surface area (TPSA) is 63.9 Å². The van der Waals surface area contributed by atoms with E-state index in [-0.39, 0.29) is 5.56 Å². The highest BCUT2D eigenvalue weighted by Gasteiger charge is 2.30. The van der Waals surface area contributed by atoms with Crippen LogP contribution in [0.4, 0.5) is 5.95 Å². The number of fused-ring (bicyclic) bond motifs is 1. The van der Waals surface area contributed by atoms with E-state index in [2.05, 4.69) is 20.0 Å². The minimum atomic E-state index is 0.0387. The summed E-state index contributed by atoms with van der Waals surface area (Å²) in [5, 5.41) is 4.62. The van der Waals surface area contributed by atoms with Gasteiger partial charge < -0.3 is 4.90 Å². The standard InChI is InChI=1S/C18H23N5O/c1-12-7-13(2)20-18(19-12)22-9-14(10-22)11-23-17(24)8-15-5-3-4-6-16(15)21-23/h7-8,14H,3-6,9-11H2,1-2H3. The molecule has 1 saturated heterocycles. The van der Waals surface area contributed by atoms with Crippen LogP contribution in [0.5, 0.6) is 0 Å². The normalized spacial score (nSPS) is 17.5. The summed E-state index contributed by atoms with van der Waals surface area (Å²) in [5.41, 5.74) is 4.30. The Morgan fingerprint density at radius 2 is 1.79 bits per heavy atom. The second kappa shape index (κ2) is 6.00. The molecular formula is C18H23N5O. The SMILES string of the molecule is Cc1cc(C)nc(N2CC(Cn3nc4c(cc3=O)CCCC4)C2)n1. The second-order valence-electron chi connectivity index (χ2n) is 7.07. The molecule has 2 aliphatic rings. The third-order valence-electron chi connectivity index (χ3n) is 4.92. The summed E-state index contributed by atoms with van der Waals surface area (Å²) in [6.45, 7) is 6.44. The first-order valence-electron chi connectivity index (χ1n) is 8.75. The highest BCUT2D eigenvalue weighted by molar-refractivity contribution is 5.35. The molecule has 0 aromatic carbocycles. The van der Waals surface area contributed by atoms with Crippen LogP contribution in [-0.2, 0) is 19.4 Å². The van der Waals surface area contributed by atoms with Gasteiger partial charge in [-0.15, -0.1) is 0 Å². The lowest BCUT2D eigenvalue weighted by Crippen LogP contribution is -2.50. The summed E-state index contributed by atoms with van der Waals surface area (Å²) in [4.78, 5) is 23.5. The summed E-state index contributed by atoms with van der Waals surface area (Å²) in [6, 6.07) is 3.78. The average Bonchev–Trinajstić information content (AvgIpc) is 2.49. The van der Waals surface area contributed by atoms with Gasteiger partial charge in [0.05, 0.1) is 12.2 Å². The van der Waals surface area contributed by atoms with Gasteiger partial charge in [-0.05, 0) is 51.2 Å². The van der Waals surface area contributed by atoms with Gasteiger partial charge in [0.25, 0.3) is 5.56 Å². The third-order valence-corrected chi connectivity index (χ3v) is 4.92. The van der Waals surface area contributed by atoms with E-state index in [1.54, 1.807) is 10.7 Å². The Bertz CT molecular complexity index is 802. The maximum absolute atomic E-state index is 12.3. The minimum Gasteiger partial charge on any atom is -0.340 e. The molecule has 0 amide bonds. The Kier molecular flexibility index (Phi) is 3.82. The fraction of sp³-hybridized carbons (Fsp3) is 0.556. The van der Waals surface area contributed by atoms with Gasteiger partial charge in [-0.2, -0.15) is 5.10 Å². The Hall–Kier alpha value is -2.24. The average molecular weight is 325 g/mol. The molecule has 6 nitrogen and oxygen atoms in total. The molecule has 1 aliphatic carbocycles. The fourth-order valence-electron chi connectivity index (χ4n) is 3.67. The van der Waals surface area contributed by atoms with E-state index >= 15 is 0 Å². The van der Waals surface area contributed by atoms with Crippen LogP contribution < -0.4 is 10.5 Å². The van der Waals surface area contributed by atoms with Crippen LogP contribution in [0.25, 0.3) is 0 Å². The number of aromatic nitrogens is 4. The van der Waals surface area contributed by atoms with Gasteiger partial charge in [0.1, 0.15) is 0 Å². The van der Waals surface area contributed by atoms with Crippen molar-refractivity contribution in [2.45, 2.75) is 46.1 Å². The summed E-state index contributed by atoms with van der Waals surface area (Å²) < 4.78 is 1.66. The van der Waals surface area contributed by atoms with Gasteiger partial charge in [0.2, 0.25) is 5.95 Å². The lowest BCUT2D eigenvalue weighted by Gasteiger charge is -2.39. The van der Waals surface area contributed by atoms with Crippen molar-refractivity contribution < 1.29 is 0 Å². The Morgan fingerprint density at radius 1 is 1.08 bits per heavy atom. The molecule has 0 saturated carbocycles. The zero-order chi connectivity index (χ0) is 16.7. The quantitative estimate of drug-likeness (QED) is 0.859. The lowest BCUT2D eigenvalue weighted by molar-refractivity contribution is 0.327. The highest BCUT2D eigenvalue weighted by atomic mass is 16.1. The largest absolute Gasteiger partial charge is 0.340 e. The van der Waals surface area contributed by atoms with Gasteiger partial charge in [-0.3, -0.25) is 4.79 Å². The van der Waals surface area contributed by atoms with Gasteiger partial charge in [-0.1, -0.05) is 0 Å². The molecule has 126 valence electrons. The molecule has 1 aliphatic heterocycles. The van der Waals surface area contributed by atoms with Crippen LogP contribution >= 0.6 is 0 Å². The first-order chi connectivity index (χ1) is 11.6. The molecule has 24 heavy (non-hydrogen) atoms. The first-order valence-corrected chi connectivity index (χ1v) is 8.75. The minimum absolute atomic E-state index is 0.0387. The van der Waals surface area contributed by atoms with Crippen molar-refractivity contribution in [1.29, 1.82) is 0 Å². The molecule has 2 aromatic heterocycles. The summed E-state index contributed by atoms with van der Waals surface area (Å²) in [7, 11) is 0. The van der Waals surface area contributed by atoms with Crippen molar-refractivity contribution in [2.24, 2.45) is 5.92 Å². The van der Waals surface area contributed by atoms with Crippen LogP contribution in [0.1, 0.15) is 35.5 Å². The van der Waals surface area contributed by atoms with E-state index in [0.29, 0.717) is 12.5 Å². The summed E-state index contributed by atoms with van der Waals surface area (Å²) >= 11 is 0. The monoisotopic (exact) mass is 325 g/mol. The van der Waals surface area contributed by atoms with E-state index < -0.39 is 0 Å². The van der Waals surface area contributed by atoms with Crippen molar-refractivity contribution in [3.05, 3.63) is 45.1 Å². The zero-order valence-corrected chi connectivity index (χ0v) is 14.3. The van der Waals surface area contributed by atoms with Crippen LogP contribution in [0.3, 0.4) is 0 Å². The maximum Gasteiger partial charge on any atom is 0.267 e. The first kappa shape index (κ1) is 15.3. The third kappa shape index (κ3) is 2.92. The molecule has 0 bridgehead atoms. The number of hydrogen-bond acceptors (Lipinski definition) is 5. The number of anilines is 1. The van der Waals surface area contributed by atoms with Crippen LogP contribution in [0.15, 0.2) is 16.9 Å². The Morgan fingerprint density at radius 3 is 2.54 bits per heavy atom. The molecule has 0 spiro atoms. The van der Waals surface area contributed by atoms with Crippen molar-refractivity contribution in [3.63, 3.8) is 0 Å². The van der Waals surface area contributed by atoms with E-state index in [1.807, 2.05) is 19.9 Å². The highest BCUT2D eigenvalue weighted by Crippen LogP contribution is 2.23. The molecule has 0 unspecified atom stereocenters. The number of aryl methyl sites for hydroxylation is 4. The lowest BCUT2D eigenvalue weighted by atomic mass is 9.97. The van der Waals surface area contributed by atoms with Gasteiger partial charge in [-0.25, -0.2) is 14.6 Å². The molecule has 1 fully saturated rings. The van der Waals surface area contributed by atoms with Crippen molar-refractivity contribution in [1.82, 2.24) is 19.7 Å². The van der Waals surface area contributed by atoms with Crippen LogP contribution in [-0.4, -0.2) is 32.8 Å². The predicted molar refractivity (Wildman–Crippen MR) is 92.3 cm³/mol. The number of hydrogen-bond donors (Lipinski definition) is 0. The molecule has 0 radical (unpaired) electrons. The van der Waals surface area contributed by atoms with E-state index in [9.17, 15) is 4.79 Å². The predicted octanol–water partition coefficient (Wildman–Crippen LogP) is 1.67. The van der Waals surface area contributed by atoms with E-state index in [0.717, 1.165) is 54.5 Å². The van der Waals surface area contributed by atoms with Crippen LogP contribution in [0.2, 0.25) is 0 Å². The maximum atomic E-state index is 12.3. The zero-order valence-electron chi connectivity index (χ0n) is 14.3. The van der Waals surface area contributed by atoms with Gasteiger partial charge >= 0.3 is 0 Å². The molecule has 3 heterocycles. The number of rotatable bonds is 3. The molecular weight excluding hydrogens is 302 g/mol. The number of nitrogens with zero attached hydrogens (tertiary/aromatic N) is 5. The van der Waals surface area contributed by atoms with Crippen molar-refractivity contribution in [3.8, 4) is 0 Å². The molecule has 6 heteroatoms. The Labute approximate surface area is 141 Å². The summed E-state index contributed by atoms with van der Waals surface area (Å²) in [6.07, 6.45) is 4.35. The second-order valence-corrected chi connectivity index (χ2v) is 7.07. The van der Waals surface area contributed by atoms with Crippen molar-refractivity contribution in [2.75, 3.05) is 18.0 Å². The molecule has 2 aromatic rings. The molecule has 0 atom stereocenters. The molecule has 0 N–H and O–H groups in total. The van der Waals surface area contributed by atoms with Gasteiger partial charge in [0.15, 0.2) is 0 Å².